The van der Waals surface area contributed by atoms with E-state index in [9.17, 15) is 0 Å². The minimum absolute atomic E-state index is 0.160. The fourth-order valence-electron chi connectivity index (χ4n) is 1.28. The van der Waals surface area contributed by atoms with Gasteiger partial charge in [-0.1, -0.05) is 52.9 Å². The Morgan fingerprint density at radius 2 is 1.69 bits per heavy atom. The molecule has 0 saturated carbocycles. The molecular formula is C10H11IO2. The predicted molar refractivity (Wildman–Crippen MR) is 58.9 cm³/mol. The van der Waals surface area contributed by atoms with E-state index in [1.165, 1.54) is 0 Å². The molecule has 2 rings (SSSR count). The molecule has 0 N–H and O–H groups in total. The van der Waals surface area contributed by atoms with Crippen LogP contribution in [0.15, 0.2) is 30.3 Å². The Morgan fingerprint density at radius 1 is 1.08 bits per heavy atom. The van der Waals surface area contributed by atoms with Gasteiger partial charge >= 0.3 is 0 Å². The van der Waals surface area contributed by atoms with Gasteiger partial charge in [0.2, 0.25) is 0 Å². The molecule has 0 aromatic heterocycles. The molecule has 1 aliphatic rings. The first kappa shape index (κ1) is 9.43. The maximum Gasteiger partial charge on any atom is 0.183 e. The van der Waals surface area contributed by atoms with Crippen LogP contribution in [0.4, 0.5) is 0 Å². The Kier molecular flexibility index (Phi) is 3.18. The van der Waals surface area contributed by atoms with Gasteiger partial charge in [-0.15, -0.1) is 0 Å². The lowest BCUT2D eigenvalue weighted by Gasteiger charge is -2.26. The average Bonchev–Trinajstić information content (AvgIpc) is 2.20. The third-order valence-corrected chi connectivity index (χ3v) is 2.65. The van der Waals surface area contributed by atoms with E-state index >= 15 is 0 Å². The van der Waals surface area contributed by atoms with E-state index in [2.05, 4.69) is 22.6 Å². The maximum absolute atomic E-state index is 5.55. The van der Waals surface area contributed by atoms with Crippen LogP contribution in [-0.2, 0) is 9.47 Å². The van der Waals surface area contributed by atoms with Crippen molar-refractivity contribution in [2.75, 3.05) is 13.2 Å². The van der Waals surface area contributed by atoms with Gasteiger partial charge in [0.1, 0.15) is 0 Å². The van der Waals surface area contributed by atoms with Crippen LogP contribution < -0.4 is 0 Å². The second-order valence-electron chi connectivity index (χ2n) is 3.01. The minimum atomic E-state index is -0.160. The van der Waals surface area contributed by atoms with Crippen LogP contribution in [0.5, 0.6) is 0 Å². The topological polar surface area (TPSA) is 18.5 Å². The fraction of sp³-hybridized carbons (Fsp3) is 0.400. The van der Waals surface area contributed by atoms with E-state index in [4.69, 9.17) is 9.47 Å². The Morgan fingerprint density at radius 3 is 2.31 bits per heavy atom. The average molecular weight is 290 g/mol. The monoisotopic (exact) mass is 290 g/mol. The summed E-state index contributed by atoms with van der Waals surface area (Å²) in [5, 5.41) is 0. The summed E-state index contributed by atoms with van der Waals surface area (Å²) in [6, 6.07) is 10.0. The van der Waals surface area contributed by atoms with Crippen LogP contribution >= 0.6 is 22.6 Å². The van der Waals surface area contributed by atoms with E-state index in [1.807, 2.05) is 30.3 Å². The molecule has 0 atom stereocenters. The molecule has 0 bridgehead atoms. The molecule has 2 nitrogen and oxygen atoms in total. The first-order chi connectivity index (χ1) is 6.36. The minimum Gasteiger partial charge on any atom is -0.347 e. The van der Waals surface area contributed by atoms with Crippen LogP contribution in [0, 0.1) is 0 Å². The van der Waals surface area contributed by atoms with Gasteiger partial charge in [0.15, 0.2) is 6.29 Å². The number of benzene rings is 1. The van der Waals surface area contributed by atoms with Gasteiger partial charge in [0.25, 0.3) is 0 Å². The van der Waals surface area contributed by atoms with Crippen molar-refractivity contribution in [1.82, 2.24) is 0 Å². The van der Waals surface area contributed by atoms with E-state index < -0.39 is 0 Å². The SMILES string of the molecule is IC1COC(c2ccccc2)OC1. The van der Waals surface area contributed by atoms with E-state index in [0.717, 1.165) is 18.8 Å². The quantitative estimate of drug-likeness (QED) is 0.584. The third-order valence-electron chi connectivity index (χ3n) is 1.93. The fourth-order valence-corrected chi connectivity index (χ4v) is 1.70. The third kappa shape index (κ3) is 2.42. The van der Waals surface area contributed by atoms with Crippen LogP contribution in [0.3, 0.4) is 0 Å². The summed E-state index contributed by atoms with van der Waals surface area (Å²) < 4.78 is 11.6. The molecule has 3 heteroatoms. The Balaban J connectivity index is 2.03. The van der Waals surface area contributed by atoms with Crippen molar-refractivity contribution in [3.05, 3.63) is 35.9 Å². The molecule has 1 aromatic carbocycles. The molecule has 0 radical (unpaired) electrons. The van der Waals surface area contributed by atoms with Crippen LogP contribution in [0.25, 0.3) is 0 Å². The molecule has 0 spiro atoms. The molecule has 1 aliphatic heterocycles. The zero-order valence-corrected chi connectivity index (χ0v) is 9.31. The predicted octanol–water partition coefficient (Wildman–Crippen LogP) is 2.54. The standard InChI is InChI=1S/C10H11IO2/c11-9-6-12-10(13-7-9)8-4-2-1-3-5-8/h1-5,9-10H,6-7H2. The highest BCUT2D eigenvalue weighted by atomic mass is 127. The van der Waals surface area contributed by atoms with Gasteiger partial charge in [-0.05, 0) is 0 Å². The van der Waals surface area contributed by atoms with Crippen molar-refractivity contribution in [3.63, 3.8) is 0 Å². The van der Waals surface area contributed by atoms with Crippen molar-refractivity contribution in [2.24, 2.45) is 0 Å². The highest BCUT2D eigenvalue weighted by molar-refractivity contribution is 14.1. The van der Waals surface area contributed by atoms with Crippen molar-refractivity contribution < 1.29 is 9.47 Å². The molecule has 0 aliphatic carbocycles. The summed E-state index contributed by atoms with van der Waals surface area (Å²) in [6.45, 7) is 1.56. The van der Waals surface area contributed by atoms with Gasteiger partial charge in [-0.2, -0.15) is 0 Å². The van der Waals surface area contributed by atoms with Gasteiger partial charge in [0.05, 0.1) is 17.1 Å². The summed E-state index contributed by atoms with van der Waals surface area (Å²) in [4.78, 5) is 0. The molecule has 0 amide bonds. The molecule has 13 heavy (non-hydrogen) atoms. The molecule has 70 valence electrons. The summed E-state index contributed by atoms with van der Waals surface area (Å²) >= 11 is 2.34. The number of hydrogen-bond donors (Lipinski definition) is 0. The molecule has 1 fully saturated rings. The number of alkyl halides is 1. The summed E-state index contributed by atoms with van der Waals surface area (Å²) in [5.41, 5.74) is 1.10. The number of ether oxygens (including phenoxy) is 2. The lowest BCUT2D eigenvalue weighted by Crippen LogP contribution is -2.26. The molecule has 1 heterocycles. The highest BCUT2D eigenvalue weighted by Crippen LogP contribution is 2.24. The van der Waals surface area contributed by atoms with Gasteiger partial charge < -0.3 is 9.47 Å². The van der Waals surface area contributed by atoms with Crippen LogP contribution in [-0.4, -0.2) is 17.1 Å². The highest BCUT2D eigenvalue weighted by Gasteiger charge is 2.20. The number of halogens is 1. The Hall–Kier alpha value is -0.130. The summed E-state index contributed by atoms with van der Waals surface area (Å²) in [7, 11) is 0. The van der Waals surface area contributed by atoms with Gasteiger partial charge in [-0.3, -0.25) is 0 Å². The number of hydrogen-bond acceptors (Lipinski definition) is 2. The lowest BCUT2D eigenvalue weighted by atomic mass is 10.2. The summed E-state index contributed by atoms with van der Waals surface area (Å²) in [5.74, 6) is 0. The molecule has 1 aromatic rings. The van der Waals surface area contributed by atoms with E-state index in [-0.39, 0.29) is 6.29 Å². The van der Waals surface area contributed by atoms with Crippen molar-refractivity contribution in [3.8, 4) is 0 Å². The van der Waals surface area contributed by atoms with Gasteiger partial charge in [0, 0.05) is 5.56 Å². The molecular weight excluding hydrogens is 279 g/mol. The zero-order valence-electron chi connectivity index (χ0n) is 7.15. The van der Waals surface area contributed by atoms with Crippen molar-refractivity contribution in [1.29, 1.82) is 0 Å². The summed E-state index contributed by atoms with van der Waals surface area (Å²) in [6.07, 6.45) is -0.160. The maximum atomic E-state index is 5.55. The molecule has 0 unspecified atom stereocenters. The first-order valence-electron chi connectivity index (χ1n) is 4.28. The van der Waals surface area contributed by atoms with Crippen LogP contribution in [0.1, 0.15) is 11.9 Å². The Labute approximate surface area is 91.4 Å². The Bertz CT molecular complexity index is 255. The van der Waals surface area contributed by atoms with E-state index in [0.29, 0.717) is 3.92 Å². The second kappa shape index (κ2) is 4.39. The smallest absolute Gasteiger partial charge is 0.183 e. The lowest BCUT2D eigenvalue weighted by molar-refractivity contribution is -0.177. The first-order valence-corrected chi connectivity index (χ1v) is 5.53. The largest absolute Gasteiger partial charge is 0.347 e. The normalized spacial score (nSPS) is 28.7. The van der Waals surface area contributed by atoms with Crippen molar-refractivity contribution in [2.45, 2.75) is 10.2 Å². The van der Waals surface area contributed by atoms with Crippen LogP contribution in [0.2, 0.25) is 0 Å². The van der Waals surface area contributed by atoms with Gasteiger partial charge in [-0.25, -0.2) is 0 Å². The van der Waals surface area contributed by atoms with Crippen molar-refractivity contribution >= 4 is 22.6 Å². The molecule has 1 saturated heterocycles. The van der Waals surface area contributed by atoms with E-state index in [1.54, 1.807) is 0 Å². The number of rotatable bonds is 1. The zero-order chi connectivity index (χ0) is 9.10. The second-order valence-corrected chi connectivity index (χ2v) is 4.77.